The topological polar surface area (TPSA) is 93.7 Å². The highest BCUT2D eigenvalue weighted by Gasteiger charge is 2.11. The zero-order chi connectivity index (χ0) is 13.8. The van der Waals surface area contributed by atoms with E-state index in [1.165, 1.54) is 0 Å². The van der Waals surface area contributed by atoms with Crippen LogP contribution in [-0.2, 0) is 13.5 Å². The third-order valence-electron chi connectivity index (χ3n) is 2.76. The Morgan fingerprint density at radius 2 is 2.05 bits per heavy atom. The Hall–Kier alpha value is -2.15. The zero-order valence-corrected chi connectivity index (χ0v) is 11.4. The van der Waals surface area contributed by atoms with Crippen LogP contribution >= 0.6 is 0 Å². The van der Waals surface area contributed by atoms with Crippen LogP contribution in [-0.4, -0.2) is 19.7 Å². The van der Waals surface area contributed by atoms with Crippen LogP contribution in [0, 0.1) is 6.92 Å². The average Bonchev–Trinajstić information content (AvgIpc) is 2.79. The van der Waals surface area contributed by atoms with Crippen molar-refractivity contribution in [2.75, 3.05) is 10.7 Å². The number of hydrazine groups is 1. The summed E-state index contributed by atoms with van der Waals surface area (Å²) in [6, 6.07) is 1.89. The molecule has 0 aliphatic rings. The maximum atomic E-state index is 5.49. The molecule has 2 aromatic heterocycles. The lowest BCUT2D eigenvalue weighted by Crippen LogP contribution is -2.14. The van der Waals surface area contributed by atoms with Gasteiger partial charge in [0, 0.05) is 31.3 Å². The molecule has 2 aromatic rings. The summed E-state index contributed by atoms with van der Waals surface area (Å²) in [7, 11) is 1.87. The fourth-order valence-electron chi connectivity index (χ4n) is 1.76. The number of hydrogen-bond donors (Lipinski definition) is 3. The molecule has 0 aromatic carbocycles. The second kappa shape index (κ2) is 5.66. The predicted molar refractivity (Wildman–Crippen MR) is 75.1 cm³/mol. The van der Waals surface area contributed by atoms with Gasteiger partial charge in [-0.3, -0.25) is 4.68 Å². The number of rotatable bonds is 5. The smallest absolute Gasteiger partial charge is 0.153 e. The fourth-order valence-corrected chi connectivity index (χ4v) is 1.76. The van der Waals surface area contributed by atoms with Gasteiger partial charge in [0.1, 0.15) is 17.5 Å². The molecule has 19 heavy (non-hydrogen) atoms. The van der Waals surface area contributed by atoms with Gasteiger partial charge in [-0.1, -0.05) is 6.92 Å². The molecule has 0 spiro atoms. The Morgan fingerprint density at radius 1 is 1.32 bits per heavy atom. The largest absolute Gasteiger partial charge is 0.323 e. The van der Waals surface area contributed by atoms with Crippen LogP contribution in [0.1, 0.15) is 24.7 Å². The Morgan fingerprint density at radius 3 is 2.63 bits per heavy atom. The summed E-state index contributed by atoms with van der Waals surface area (Å²) >= 11 is 0. The molecule has 102 valence electrons. The quantitative estimate of drug-likeness (QED) is 0.558. The molecular formula is C12H19N7. The lowest BCUT2D eigenvalue weighted by molar-refractivity contribution is 0.770. The molecule has 0 saturated carbocycles. The highest BCUT2D eigenvalue weighted by atomic mass is 15.3. The zero-order valence-electron chi connectivity index (χ0n) is 11.4. The summed E-state index contributed by atoms with van der Waals surface area (Å²) < 4.78 is 1.73. The van der Waals surface area contributed by atoms with Crippen LogP contribution in [0.25, 0.3) is 0 Å². The van der Waals surface area contributed by atoms with Crippen LogP contribution in [0.4, 0.5) is 17.5 Å². The van der Waals surface area contributed by atoms with Gasteiger partial charge in [0.25, 0.3) is 0 Å². The lowest BCUT2D eigenvalue weighted by Gasteiger charge is -2.12. The molecule has 0 fully saturated rings. The van der Waals surface area contributed by atoms with Crippen LogP contribution < -0.4 is 16.6 Å². The molecule has 0 aliphatic heterocycles. The van der Waals surface area contributed by atoms with E-state index in [0.29, 0.717) is 5.82 Å². The maximum absolute atomic E-state index is 5.49. The molecule has 0 aliphatic carbocycles. The monoisotopic (exact) mass is 261 g/mol. The van der Waals surface area contributed by atoms with Crippen molar-refractivity contribution >= 4 is 17.5 Å². The Labute approximate surface area is 112 Å². The van der Waals surface area contributed by atoms with Gasteiger partial charge in [-0.15, -0.1) is 0 Å². The highest BCUT2D eigenvalue weighted by Crippen LogP contribution is 2.22. The standard InChI is InChI=1S/C12H19N7/c1-4-5-9-14-11(8(2)12(15-9)17-13)16-10-6-7-19(3)18-10/h6-7H,4-5,13H2,1-3H3,(H2,14,15,16,17,18). The summed E-state index contributed by atoms with van der Waals surface area (Å²) in [5.41, 5.74) is 3.48. The SMILES string of the molecule is CCCc1nc(NN)c(C)c(Nc2ccn(C)n2)n1. The molecule has 0 radical (unpaired) electrons. The van der Waals surface area contributed by atoms with Gasteiger partial charge >= 0.3 is 0 Å². The molecule has 2 heterocycles. The van der Waals surface area contributed by atoms with Crippen molar-refractivity contribution in [2.45, 2.75) is 26.7 Å². The minimum absolute atomic E-state index is 0.636. The average molecular weight is 261 g/mol. The third kappa shape index (κ3) is 3.00. The van der Waals surface area contributed by atoms with E-state index < -0.39 is 0 Å². The van der Waals surface area contributed by atoms with Crippen LogP contribution in [0.5, 0.6) is 0 Å². The minimum atomic E-state index is 0.636. The van der Waals surface area contributed by atoms with Gasteiger partial charge in [0.2, 0.25) is 0 Å². The van der Waals surface area contributed by atoms with Crippen molar-refractivity contribution in [3.8, 4) is 0 Å². The minimum Gasteiger partial charge on any atom is -0.323 e. The maximum Gasteiger partial charge on any atom is 0.153 e. The fraction of sp³-hybridized carbons (Fsp3) is 0.417. The third-order valence-corrected chi connectivity index (χ3v) is 2.76. The molecule has 0 bridgehead atoms. The molecule has 7 heteroatoms. The summed E-state index contributed by atoms with van der Waals surface area (Å²) in [6.45, 7) is 4.00. The van der Waals surface area contributed by atoms with E-state index in [1.807, 2.05) is 26.2 Å². The molecule has 2 rings (SSSR count). The van der Waals surface area contributed by atoms with Crippen molar-refractivity contribution < 1.29 is 0 Å². The summed E-state index contributed by atoms with van der Waals surface area (Å²) in [4.78, 5) is 8.88. The van der Waals surface area contributed by atoms with E-state index in [0.717, 1.165) is 35.9 Å². The van der Waals surface area contributed by atoms with Crippen molar-refractivity contribution in [2.24, 2.45) is 12.9 Å². The van der Waals surface area contributed by atoms with E-state index in [1.54, 1.807) is 4.68 Å². The van der Waals surface area contributed by atoms with Crippen LogP contribution in [0.3, 0.4) is 0 Å². The Bertz CT molecular complexity index is 561. The first-order valence-corrected chi connectivity index (χ1v) is 6.24. The molecule has 0 saturated heterocycles. The Kier molecular flexibility index (Phi) is 3.96. The summed E-state index contributed by atoms with van der Waals surface area (Å²) in [6.07, 6.45) is 3.66. The molecule has 0 unspecified atom stereocenters. The number of aromatic nitrogens is 4. The lowest BCUT2D eigenvalue weighted by atomic mass is 10.2. The van der Waals surface area contributed by atoms with Gasteiger partial charge in [-0.25, -0.2) is 15.8 Å². The first-order chi connectivity index (χ1) is 9.13. The number of aryl methyl sites for hydroxylation is 2. The Balaban J connectivity index is 2.34. The van der Waals surface area contributed by atoms with Crippen LogP contribution in [0.2, 0.25) is 0 Å². The number of anilines is 3. The van der Waals surface area contributed by atoms with Crippen molar-refractivity contribution in [3.05, 3.63) is 23.7 Å². The van der Waals surface area contributed by atoms with Gasteiger partial charge in [-0.2, -0.15) is 5.10 Å². The van der Waals surface area contributed by atoms with Crippen molar-refractivity contribution in [1.29, 1.82) is 0 Å². The number of nitrogens with one attached hydrogen (secondary N) is 2. The second-order valence-corrected chi connectivity index (χ2v) is 4.36. The number of hydrogen-bond acceptors (Lipinski definition) is 6. The van der Waals surface area contributed by atoms with E-state index in [2.05, 4.69) is 32.7 Å². The normalized spacial score (nSPS) is 10.5. The van der Waals surface area contributed by atoms with E-state index >= 15 is 0 Å². The molecule has 7 nitrogen and oxygen atoms in total. The van der Waals surface area contributed by atoms with Gasteiger partial charge < -0.3 is 10.7 Å². The molecular weight excluding hydrogens is 242 g/mol. The van der Waals surface area contributed by atoms with E-state index in [9.17, 15) is 0 Å². The van der Waals surface area contributed by atoms with Gasteiger partial charge in [0.15, 0.2) is 5.82 Å². The highest BCUT2D eigenvalue weighted by molar-refractivity contribution is 5.62. The first kappa shape index (κ1) is 13.3. The number of nitrogen functional groups attached to an aromatic ring is 1. The predicted octanol–water partition coefficient (Wildman–Crippen LogP) is 1.50. The number of nitrogens with two attached hydrogens (primary N) is 1. The molecule has 4 N–H and O–H groups in total. The summed E-state index contributed by atoms with van der Waals surface area (Å²) in [5, 5.41) is 7.46. The van der Waals surface area contributed by atoms with E-state index in [4.69, 9.17) is 5.84 Å². The van der Waals surface area contributed by atoms with Gasteiger partial charge in [0.05, 0.1) is 0 Å². The molecule has 0 amide bonds. The molecule has 0 atom stereocenters. The van der Waals surface area contributed by atoms with Gasteiger partial charge in [-0.05, 0) is 13.3 Å². The van der Waals surface area contributed by atoms with Crippen LogP contribution in [0.15, 0.2) is 12.3 Å². The van der Waals surface area contributed by atoms with E-state index in [-0.39, 0.29) is 0 Å². The summed E-state index contributed by atoms with van der Waals surface area (Å²) in [5.74, 6) is 8.37. The first-order valence-electron chi connectivity index (χ1n) is 6.24. The van der Waals surface area contributed by atoms with Crippen molar-refractivity contribution in [3.63, 3.8) is 0 Å². The van der Waals surface area contributed by atoms with Crippen molar-refractivity contribution in [1.82, 2.24) is 19.7 Å². The second-order valence-electron chi connectivity index (χ2n) is 4.36. The number of nitrogens with zero attached hydrogens (tertiary/aromatic N) is 4.